The van der Waals surface area contributed by atoms with Crippen LogP contribution < -0.4 is 0 Å². The Balaban J connectivity index is 3.45. The first-order chi connectivity index (χ1) is 13.2. The number of unbranched alkanes of at least 4 members (excludes halogenated alkanes) is 12. The molecule has 0 aliphatic rings. The van der Waals surface area contributed by atoms with Crippen LogP contribution in [0.15, 0.2) is 12.2 Å². The highest BCUT2D eigenvalue weighted by Crippen LogP contribution is 2.13. The number of rotatable bonds is 20. The second-order valence-electron chi connectivity index (χ2n) is 7.95. The third-order valence-electron chi connectivity index (χ3n) is 5.42. The highest BCUT2D eigenvalue weighted by atomic mass is 16.3. The molecule has 2 atom stereocenters. The molecule has 0 amide bonds. The second kappa shape index (κ2) is 20.4. The Morgan fingerprint density at radius 3 is 1.44 bits per heavy atom. The van der Waals surface area contributed by atoms with Crippen molar-refractivity contribution in [2.24, 2.45) is 0 Å². The normalized spacial score (nSPS) is 14.3. The van der Waals surface area contributed by atoms with Gasteiger partial charge in [-0.05, 0) is 44.9 Å². The van der Waals surface area contributed by atoms with Crippen LogP contribution in [-0.4, -0.2) is 34.1 Å². The predicted molar refractivity (Wildman–Crippen MR) is 119 cm³/mol. The first-order valence-corrected chi connectivity index (χ1v) is 11.9. The van der Waals surface area contributed by atoms with E-state index in [0.717, 1.165) is 13.0 Å². The third kappa shape index (κ3) is 16.3. The van der Waals surface area contributed by atoms with Crippen molar-refractivity contribution in [3.63, 3.8) is 0 Å². The van der Waals surface area contributed by atoms with Crippen molar-refractivity contribution in [1.29, 1.82) is 0 Å². The molecule has 2 unspecified atom stereocenters. The van der Waals surface area contributed by atoms with Crippen molar-refractivity contribution in [2.45, 2.75) is 136 Å². The van der Waals surface area contributed by atoms with Gasteiger partial charge in [-0.1, -0.05) is 90.7 Å². The summed E-state index contributed by atoms with van der Waals surface area (Å²) in [4.78, 5) is 1.84. The van der Waals surface area contributed by atoms with E-state index in [4.69, 9.17) is 0 Å². The summed E-state index contributed by atoms with van der Waals surface area (Å²) in [6.07, 6.45) is 23.3. The van der Waals surface area contributed by atoms with Crippen LogP contribution in [0.25, 0.3) is 0 Å². The SMILES string of the molecule is CCCCCCCC/C=C\CCCCCCCCN(C(O)CC)C(O)CC. The Hall–Kier alpha value is -0.380. The zero-order chi connectivity index (χ0) is 20.2. The Morgan fingerprint density at radius 1 is 0.593 bits per heavy atom. The third-order valence-corrected chi connectivity index (χ3v) is 5.42. The fourth-order valence-electron chi connectivity index (χ4n) is 3.51. The maximum atomic E-state index is 10.0. The number of hydrogen-bond donors (Lipinski definition) is 2. The molecule has 0 spiro atoms. The molecule has 162 valence electrons. The highest BCUT2D eigenvalue weighted by molar-refractivity contribution is 4.81. The van der Waals surface area contributed by atoms with Crippen LogP contribution in [0.1, 0.15) is 124 Å². The summed E-state index contributed by atoms with van der Waals surface area (Å²) in [5.41, 5.74) is 0. The van der Waals surface area contributed by atoms with Crippen LogP contribution in [0.3, 0.4) is 0 Å². The topological polar surface area (TPSA) is 43.7 Å². The van der Waals surface area contributed by atoms with Gasteiger partial charge in [0.1, 0.15) is 12.5 Å². The molecule has 0 saturated carbocycles. The standard InChI is InChI=1S/C24H49NO2/c1-4-7-8-9-10-11-12-13-14-15-16-17-18-19-20-21-22-25(23(26)5-2)24(27)6-3/h13-14,23-24,26-27H,4-12,15-22H2,1-3H3/b14-13-. The van der Waals surface area contributed by atoms with Crippen LogP contribution in [-0.2, 0) is 0 Å². The minimum atomic E-state index is -0.511. The van der Waals surface area contributed by atoms with Crippen LogP contribution in [0.5, 0.6) is 0 Å². The van der Waals surface area contributed by atoms with Crippen molar-refractivity contribution in [1.82, 2.24) is 4.90 Å². The molecule has 0 saturated heterocycles. The lowest BCUT2D eigenvalue weighted by atomic mass is 10.1. The average Bonchev–Trinajstić information content (AvgIpc) is 2.69. The maximum absolute atomic E-state index is 10.0. The first kappa shape index (κ1) is 26.6. The van der Waals surface area contributed by atoms with E-state index in [1.54, 1.807) is 0 Å². The Morgan fingerprint density at radius 2 is 1.00 bits per heavy atom. The molecule has 3 nitrogen and oxygen atoms in total. The van der Waals surface area contributed by atoms with Crippen LogP contribution >= 0.6 is 0 Å². The number of nitrogens with zero attached hydrogens (tertiary/aromatic N) is 1. The zero-order valence-electron chi connectivity index (χ0n) is 18.7. The molecule has 0 heterocycles. The molecule has 0 fully saturated rings. The quantitative estimate of drug-likeness (QED) is 0.138. The lowest BCUT2D eigenvalue weighted by molar-refractivity contribution is -0.104. The molecule has 0 aliphatic carbocycles. The van der Waals surface area contributed by atoms with Crippen molar-refractivity contribution >= 4 is 0 Å². The van der Waals surface area contributed by atoms with Gasteiger partial charge in [0.25, 0.3) is 0 Å². The van der Waals surface area contributed by atoms with Crippen molar-refractivity contribution in [2.75, 3.05) is 6.54 Å². The predicted octanol–water partition coefficient (Wildman–Crippen LogP) is 6.78. The lowest BCUT2D eigenvalue weighted by Gasteiger charge is -2.31. The van der Waals surface area contributed by atoms with Gasteiger partial charge < -0.3 is 10.2 Å². The molecule has 0 radical (unpaired) electrons. The van der Waals surface area contributed by atoms with Gasteiger partial charge >= 0.3 is 0 Å². The van der Waals surface area contributed by atoms with E-state index in [2.05, 4.69) is 19.1 Å². The Bertz CT molecular complexity index is 310. The molecule has 0 bridgehead atoms. The van der Waals surface area contributed by atoms with Gasteiger partial charge in [0.15, 0.2) is 0 Å². The smallest absolute Gasteiger partial charge is 0.109 e. The van der Waals surface area contributed by atoms with Crippen LogP contribution in [0.4, 0.5) is 0 Å². The maximum Gasteiger partial charge on any atom is 0.109 e. The molecule has 0 aromatic rings. The molecule has 2 N–H and O–H groups in total. The molecular formula is C24H49NO2. The summed E-state index contributed by atoms with van der Waals surface area (Å²) in [5.74, 6) is 0. The minimum Gasteiger partial charge on any atom is -0.378 e. The molecule has 0 aromatic heterocycles. The van der Waals surface area contributed by atoms with Crippen molar-refractivity contribution in [3.05, 3.63) is 12.2 Å². The summed E-state index contributed by atoms with van der Waals surface area (Å²) in [6.45, 7) is 6.99. The fourth-order valence-corrected chi connectivity index (χ4v) is 3.51. The Kier molecular flexibility index (Phi) is 20.1. The van der Waals surface area contributed by atoms with Gasteiger partial charge in [-0.25, -0.2) is 0 Å². The number of allylic oxidation sites excluding steroid dienone is 2. The Labute approximate surface area is 170 Å². The van der Waals surface area contributed by atoms with Gasteiger partial charge in [-0.2, -0.15) is 0 Å². The van der Waals surface area contributed by atoms with E-state index in [1.165, 1.54) is 83.5 Å². The van der Waals surface area contributed by atoms with Crippen molar-refractivity contribution in [3.8, 4) is 0 Å². The molecule has 0 aromatic carbocycles. The molecule has 0 aliphatic heterocycles. The molecule has 27 heavy (non-hydrogen) atoms. The van der Waals surface area contributed by atoms with E-state index >= 15 is 0 Å². The van der Waals surface area contributed by atoms with Crippen LogP contribution in [0.2, 0.25) is 0 Å². The highest BCUT2D eigenvalue weighted by Gasteiger charge is 2.19. The van der Waals surface area contributed by atoms with Gasteiger partial charge in [0.2, 0.25) is 0 Å². The van der Waals surface area contributed by atoms with E-state index in [0.29, 0.717) is 12.8 Å². The first-order valence-electron chi connectivity index (χ1n) is 11.9. The monoisotopic (exact) mass is 383 g/mol. The number of aliphatic hydroxyl groups excluding tert-OH is 2. The second-order valence-corrected chi connectivity index (χ2v) is 7.95. The molecule has 0 rings (SSSR count). The van der Waals surface area contributed by atoms with Gasteiger partial charge in [0.05, 0.1) is 0 Å². The number of hydrogen-bond acceptors (Lipinski definition) is 3. The van der Waals surface area contributed by atoms with E-state index in [-0.39, 0.29) is 0 Å². The summed E-state index contributed by atoms with van der Waals surface area (Å²) >= 11 is 0. The van der Waals surface area contributed by atoms with E-state index < -0.39 is 12.5 Å². The van der Waals surface area contributed by atoms with Crippen LogP contribution in [0, 0.1) is 0 Å². The number of aliphatic hydroxyl groups is 2. The average molecular weight is 384 g/mol. The van der Waals surface area contributed by atoms with Gasteiger partial charge in [0, 0.05) is 6.54 Å². The summed E-state index contributed by atoms with van der Waals surface area (Å²) < 4.78 is 0. The molecular weight excluding hydrogens is 334 g/mol. The van der Waals surface area contributed by atoms with E-state index in [9.17, 15) is 10.2 Å². The minimum absolute atomic E-state index is 0.511. The summed E-state index contributed by atoms with van der Waals surface area (Å²) in [5, 5.41) is 20.0. The largest absolute Gasteiger partial charge is 0.378 e. The molecule has 3 heteroatoms. The summed E-state index contributed by atoms with van der Waals surface area (Å²) in [6, 6.07) is 0. The summed E-state index contributed by atoms with van der Waals surface area (Å²) in [7, 11) is 0. The fraction of sp³-hybridized carbons (Fsp3) is 0.917. The zero-order valence-corrected chi connectivity index (χ0v) is 18.7. The van der Waals surface area contributed by atoms with E-state index in [1.807, 2.05) is 18.7 Å². The van der Waals surface area contributed by atoms with Gasteiger partial charge in [-0.15, -0.1) is 0 Å². The lowest BCUT2D eigenvalue weighted by Crippen LogP contribution is -2.43. The van der Waals surface area contributed by atoms with Crippen molar-refractivity contribution < 1.29 is 10.2 Å². The van der Waals surface area contributed by atoms with Gasteiger partial charge in [-0.3, -0.25) is 4.90 Å².